The van der Waals surface area contributed by atoms with Crippen LogP contribution in [-0.2, 0) is 4.79 Å². The van der Waals surface area contributed by atoms with Crippen LogP contribution in [0.25, 0.3) is 16.9 Å². The number of aromatic nitrogens is 1. The highest BCUT2D eigenvalue weighted by molar-refractivity contribution is 6.32. The van der Waals surface area contributed by atoms with Gasteiger partial charge in [0.1, 0.15) is 0 Å². The van der Waals surface area contributed by atoms with Crippen LogP contribution in [0.5, 0.6) is 0 Å². The lowest BCUT2D eigenvalue weighted by molar-refractivity contribution is -0.134. The van der Waals surface area contributed by atoms with Gasteiger partial charge in [-0.3, -0.25) is 9.59 Å². The Morgan fingerprint density at radius 1 is 0.875 bits per heavy atom. The van der Waals surface area contributed by atoms with Gasteiger partial charge in [0.25, 0.3) is 5.91 Å². The van der Waals surface area contributed by atoms with Crippen LogP contribution in [-0.4, -0.2) is 52.4 Å². The number of carbonyl (C=O) groups excluding carboxylic acids is 2. The van der Waals surface area contributed by atoms with Crippen LogP contribution in [0.1, 0.15) is 28.9 Å². The fourth-order valence-electron chi connectivity index (χ4n) is 4.48. The summed E-state index contributed by atoms with van der Waals surface area (Å²) in [5.74, 6) is 0.478. The molecule has 0 radical (unpaired) electrons. The number of amides is 2. The van der Waals surface area contributed by atoms with Crippen LogP contribution in [0.15, 0.2) is 60.7 Å². The Labute approximate surface area is 193 Å². The molecule has 2 aliphatic rings. The van der Waals surface area contributed by atoms with E-state index in [2.05, 4.69) is 4.57 Å². The maximum atomic E-state index is 13.5. The molecular weight excluding hydrogens is 422 g/mol. The summed E-state index contributed by atoms with van der Waals surface area (Å²) in [5, 5.41) is 0.634. The first-order chi connectivity index (χ1) is 15.5. The second-order valence-corrected chi connectivity index (χ2v) is 8.98. The van der Waals surface area contributed by atoms with E-state index in [1.165, 1.54) is 0 Å². The number of hydrogen-bond donors (Lipinski definition) is 0. The summed E-state index contributed by atoms with van der Waals surface area (Å²) >= 11 is 6.55. The van der Waals surface area contributed by atoms with Gasteiger partial charge in [0.05, 0.1) is 22.0 Å². The van der Waals surface area contributed by atoms with Crippen molar-refractivity contribution in [3.05, 3.63) is 76.9 Å². The first-order valence-corrected chi connectivity index (χ1v) is 11.5. The predicted octanol–water partition coefficient (Wildman–Crippen LogP) is 4.80. The number of halogens is 1. The lowest BCUT2D eigenvalue weighted by atomic mass is 10.1. The van der Waals surface area contributed by atoms with Crippen LogP contribution in [0, 0.1) is 12.8 Å². The van der Waals surface area contributed by atoms with E-state index in [-0.39, 0.29) is 17.7 Å². The van der Waals surface area contributed by atoms with E-state index < -0.39 is 0 Å². The highest BCUT2D eigenvalue weighted by atomic mass is 35.5. The highest BCUT2D eigenvalue weighted by Gasteiger charge is 2.35. The summed E-state index contributed by atoms with van der Waals surface area (Å²) in [6.45, 7) is 4.31. The molecule has 2 heterocycles. The molecule has 0 spiro atoms. The smallest absolute Gasteiger partial charge is 0.255 e. The van der Waals surface area contributed by atoms with Crippen molar-refractivity contribution in [1.82, 2.24) is 14.4 Å². The fraction of sp³-hybridized carbons (Fsp3) is 0.308. The van der Waals surface area contributed by atoms with E-state index in [1.54, 1.807) is 0 Å². The summed E-state index contributed by atoms with van der Waals surface area (Å²) in [6.07, 6.45) is 2.02. The first kappa shape index (κ1) is 20.8. The van der Waals surface area contributed by atoms with Crippen LogP contribution in [0.3, 0.4) is 0 Å². The van der Waals surface area contributed by atoms with Gasteiger partial charge in [-0.1, -0.05) is 54.1 Å². The molecule has 1 saturated heterocycles. The molecule has 1 saturated carbocycles. The van der Waals surface area contributed by atoms with E-state index >= 15 is 0 Å². The van der Waals surface area contributed by atoms with Crippen molar-refractivity contribution < 1.29 is 9.59 Å². The minimum absolute atomic E-state index is 0.00371. The second kappa shape index (κ2) is 8.47. The van der Waals surface area contributed by atoms with Gasteiger partial charge < -0.3 is 14.4 Å². The van der Waals surface area contributed by atoms with Gasteiger partial charge in [0.2, 0.25) is 5.91 Å². The van der Waals surface area contributed by atoms with Crippen molar-refractivity contribution >= 4 is 23.4 Å². The Morgan fingerprint density at radius 2 is 1.50 bits per heavy atom. The highest BCUT2D eigenvalue weighted by Crippen LogP contribution is 2.34. The quantitative estimate of drug-likeness (QED) is 0.576. The number of nitrogens with zero attached hydrogens (tertiary/aromatic N) is 3. The van der Waals surface area contributed by atoms with Gasteiger partial charge in [0, 0.05) is 37.8 Å². The van der Waals surface area contributed by atoms with Crippen molar-refractivity contribution in [2.45, 2.75) is 19.8 Å². The van der Waals surface area contributed by atoms with Crippen molar-refractivity contribution in [2.24, 2.45) is 5.92 Å². The lowest BCUT2D eigenvalue weighted by Crippen LogP contribution is -2.51. The molecule has 5 nitrogen and oxygen atoms in total. The third-order valence-electron chi connectivity index (χ3n) is 6.45. The van der Waals surface area contributed by atoms with Crippen molar-refractivity contribution in [3.63, 3.8) is 0 Å². The van der Waals surface area contributed by atoms with Crippen LogP contribution < -0.4 is 0 Å². The molecule has 1 aromatic heterocycles. The molecule has 164 valence electrons. The Hall–Kier alpha value is -3.05. The molecule has 2 aromatic carbocycles. The van der Waals surface area contributed by atoms with E-state index in [1.807, 2.05) is 77.4 Å². The number of hydrogen-bond acceptors (Lipinski definition) is 2. The third kappa shape index (κ3) is 3.82. The molecule has 1 aliphatic carbocycles. The predicted molar refractivity (Wildman–Crippen MR) is 126 cm³/mol. The average Bonchev–Trinajstić information content (AvgIpc) is 3.62. The Morgan fingerprint density at radius 3 is 2.16 bits per heavy atom. The number of carbonyl (C=O) groups is 2. The minimum atomic E-state index is 0.00371. The molecule has 0 unspecified atom stereocenters. The maximum absolute atomic E-state index is 13.5. The third-order valence-corrected chi connectivity index (χ3v) is 6.77. The monoisotopic (exact) mass is 447 g/mol. The first-order valence-electron chi connectivity index (χ1n) is 11.2. The standard InChI is InChI=1S/C26H26ClN3O2/c1-18-21(26(32)29-15-13-28(14-16-29)25(31)20-11-12-20)17-24(19-7-3-2-4-8-19)30(18)23-10-6-5-9-22(23)27/h2-10,17,20H,11-16H2,1H3. The molecule has 2 amide bonds. The molecule has 0 N–H and O–H groups in total. The van der Waals surface area contributed by atoms with Gasteiger partial charge >= 0.3 is 0 Å². The second-order valence-electron chi connectivity index (χ2n) is 8.57. The molecular formula is C26H26ClN3O2. The Kier molecular flexibility index (Phi) is 5.51. The number of rotatable bonds is 4. The van der Waals surface area contributed by atoms with Crippen molar-refractivity contribution in [3.8, 4) is 16.9 Å². The van der Waals surface area contributed by atoms with E-state index in [4.69, 9.17) is 11.6 Å². The van der Waals surface area contributed by atoms with Gasteiger partial charge in [-0.25, -0.2) is 0 Å². The van der Waals surface area contributed by atoms with Gasteiger partial charge in [-0.05, 0) is 43.5 Å². The van der Waals surface area contributed by atoms with Crippen LogP contribution >= 0.6 is 11.6 Å². The van der Waals surface area contributed by atoms with Crippen molar-refractivity contribution in [1.29, 1.82) is 0 Å². The number of piperazine rings is 1. The normalized spacial score (nSPS) is 16.3. The Bertz CT molecular complexity index is 1160. The fourth-order valence-corrected chi connectivity index (χ4v) is 4.70. The molecule has 32 heavy (non-hydrogen) atoms. The van der Waals surface area contributed by atoms with E-state index in [0.717, 1.165) is 35.5 Å². The average molecular weight is 448 g/mol. The molecule has 3 aromatic rings. The summed E-state index contributed by atoms with van der Waals surface area (Å²) in [5.41, 5.74) is 4.34. The number of benzene rings is 2. The minimum Gasteiger partial charge on any atom is -0.339 e. The van der Waals surface area contributed by atoms with Gasteiger partial charge in [-0.15, -0.1) is 0 Å². The SMILES string of the molecule is Cc1c(C(=O)N2CCN(C(=O)C3CC3)CC2)cc(-c2ccccc2)n1-c1ccccc1Cl. The zero-order chi connectivity index (χ0) is 22.2. The lowest BCUT2D eigenvalue weighted by Gasteiger charge is -2.35. The topological polar surface area (TPSA) is 45.6 Å². The zero-order valence-corrected chi connectivity index (χ0v) is 18.9. The summed E-state index contributed by atoms with van der Waals surface area (Å²) in [6, 6.07) is 19.7. The summed E-state index contributed by atoms with van der Waals surface area (Å²) < 4.78 is 2.07. The summed E-state index contributed by atoms with van der Waals surface area (Å²) in [7, 11) is 0. The zero-order valence-electron chi connectivity index (χ0n) is 18.1. The molecule has 6 heteroatoms. The number of para-hydroxylation sites is 1. The van der Waals surface area contributed by atoms with Gasteiger partial charge in [0.15, 0.2) is 0 Å². The molecule has 2 fully saturated rings. The van der Waals surface area contributed by atoms with E-state index in [0.29, 0.717) is 36.8 Å². The summed E-state index contributed by atoms with van der Waals surface area (Å²) in [4.78, 5) is 29.7. The van der Waals surface area contributed by atoms with Crippen LogP contribution in [0.2, 0.25) is 5.02 Å². The van der Waals surface area contributed by atoms with Crippen LogP contribution in [0.4, 0.5) is 0 Å². The maximum Gasteiger partial charge on any atom is 0.255 e. The molecule has 0 bridgehead atoms. The Balaban J connectivity index is 1.47. The van der Waals surface area contributed by atoms with Gasteiger partial charge in [-0.2, -0.15) is 0 Å². The molecule has 1 aliphatic heterocycles. The molecule has 5 rings (SSSR count). The van der Waals surface area contributed by atoms with E-state index in [9.17, 15) is 9.59 Å². The molecule has 0 atom stereocenters. The van der Waals surface area contributed by atoms with Crippen molar-refractivity contribution in [2.75, 3.05) is 26.2 Å². The largest absolute Gasteiger partial charge is 0.339 e.